The zero-order chi connectivity index (χ0) is 14.6. The Kier molecular flexibility index (Phi) is 5.52. The monoisotopic (exact) mass is 285 g/mol. The van der Waals surface area contributed by atoms with Gasteiger partial charge in [0.2, 0.25) is 10.0 Å². The van der Waals surface area contributed by atoms with E-state index in [1.807, 2.05) is 33.8 Å². The molecule has 0 aromatic heterocycles. The minimum absolute atomic E-state index is 0.391. The van der Waals surface area contributed by atoms with Crippen molar-refractivity contribution < 1.29 is 13.2 Å². The molecular weight excluding hydrogens is 262 g/mol. The highest BCUT2D eigenvalue weighted by molar-refractivity contribution is 7.89. The van der Waals surface area contributed by atoms with E-state index in [0.717, 1.165) is 22.3 Å². The van der Waals surface area contributed by atoms with Crippen molar-refractivity contribution in [3.05, 3.63) is 28.3 Å². The average molecular weight is 285 g/mol. The van der Waals surface area contributed by atoms with Crippen LogP contribution in [-0.4, -0.2) is 28.7 Å². The second-order valence-corrected chi connectivity index (χ2v) is 6.54. The van der Waals surface area contributed by atoms with E-state index in [0.29, 0.717) is 24.5 Å². The van der Waals surface area contributed by atoms with Crippen molar-refractivity contribution in [3.63, 3.8) is 0 Å². The summed E-state index contributed by atoms with van der Waals surface area (Å²) in [5.74, 6) is 0. The predicted octanol–water partition coefficient (Wildman–Crippen LogP) is 2.24. The van der Waals surface area contributed by atoms with Crippen LogP contribution in [0.3, 0.4) is 0 Å². The number of hydrogen-bond acceptors (Lipinski definition) is 3. The molecule has 0 saturated carbocycles. The first kappa shape index (κ1) is 16.1. The molecule has 0 amide bonds. The van der Waals surface area contributed by atoms with E-state index in [1.54, 1.807) is 7.11 Å². The van der Waals surface area contributed by atoms with Crippen molar-refractivity contribution in [1.82, 2.24) is 4.72 Å². The van der Waals surface area contributed by atoms with Crippen LogP contribution < -0.4 is 4.72 Å². The van der Waals surface area contributed by atoms with Gasteiger partial charge in [0.25, 0.3) is 0 Å². The Morgan fingerprint density at radius 2 is 1.63 bits per heavy atom. The summed E-state index contributed by atoms with van der Waals surface area (Å²) in [5.41, 5.74) is 3.64. The van der Waals surface area contributed by atoms with Gasteiger partial charge in [-0.2, -0.15) is 0 Å². The lowest BCUT2D eigenvalue weighted by Crippen LogP contribution is -2.27. The lowest BCUT2D eigenvalue weighted by atomic mass is 10.0. The predicted molar refractivity (Wildman–Crippen MR) is 77.1 cm³/mol. The molecule has 1 rings (SSSR count). The van der Waals surface area contributed by atoms with Gasteiger partial charge in [0.05, 0.1) is 4.90 Å². The number of methoxy groups -OCH3 is 1. The van der Waals surface area contributed by atoms with Gasteiger partial charge >= 0.3 is 0 Å². The third-order valence-corrected chi connectivity index (χ3v) is 5.12. The quantitative estimate of drug-likeness (QED) is 0.816. The number of aryl methyl sites for hydroxylation is 2. The maximum atomic E-state index is 12.4. The molecule has 1 N–H and O–H groups in total. The molecule has 1 aromatic rings. The molecule has 0 aliphatic rings. The molecule has 0 radical (unpaired) electrons. The summed E-state index contributed by atoms with van der Waals surface area (Å²) in [4.78, 5) is 0.419. The summed E-state index contributed by atoms with van der Waals surface area (Å²) in [6.07, 6.45) is 0.665. The fourth-order valence-corrected chi connectivity index (χ4v) is 3.76. The fourth-order valence-electron chi connectivity index (χ4n) is 2.08. The van der Waals surface area contributed by atoms with Crippen LogP contribution in [0.2, 0.25) is 0 Å². The summed E-state index contributed by atoms with van der Waals surface area (Å²) in [7, 11) is -1.85. The lowest BCUT2D eigenvalue weighted by molar-refractivity contribution is 0.196. The number of nitrogens with one attached hydrogen (secondary N) is 1. The highest BCUT2D eigenvalue weighted by atomic mass is 32.2. The molecule has 4 nitrogen and oxygen atoms in total. The zero-order valence-corrected chi connectivity index (χ0v) is 13.1. The summed E-state index contributed by atoms with van der Waals surface area (Å²) in [6, 6.07) is 2.02. The molecule has 0 unspecified atom stereocenters. The summed E-state index contributed by atoms with van der Waals surface area (Å²) >= 11 is 0. The number of sulfonamides is 1. The largest absolute Gasteiger partial charge is 0.385 e. The van der Waals surface area contributed by atoms with Gasteiger partial charge in [-0.25, -0.2) is 13.1 Å². The third-order valence-electron chi connectivity index (χ3n) is 3.38. The highest BCUT2D eigenvalue weighted by Gasteiger charge is 2.21. The van der Waals surface area contributed by atoms with Crippen LogP contribution in [0.4, 0.5) is 0 Å². The van der Waals surface area contributed by atoms with Crippen molar-refractivity contribution in [3.8, 4) is 0 Å². The van der Waals surface area contributed by atoms with E-state index >= 15 is 0 Å². The van der Waals surface area contributed by atoms with Crippen LogP contribution in [0.25, 0.3) is 0 Å². The number of rotatable bonds is 6. The summed E-state index contributed by atoms with van der Waals surface area (Å²) in [6.45, 7) is 8.52. The molecular formula is C14H23NO3S. The van der Waals surface area contributed by atoms with Crippen LogP contribution in [0.15, 0.2) is 11.0 Å². The molecule has 0 atom stereocenters. The maximum absolute atomic E-state index is 12.4. The maximum Gasteiger partial charge on any atom is 0.241 e. The second-order valence-electron chi connectivity index (χ2n) is 4.83. The molecule has 1 aromatic carbocycles. The second kappa shape index (κ2) is 6.50. The van der Waals surface area contributed by atoms with Gasteiger partial charge in [-0.1, -0.05) is 6.07 Å². The summed E-state index contributed by atoms with van der Waals surface area (Å²) < 4.78 is 32.3. The topological polar surface area (TPSA) is 55.4 Å². The van der Waals surface area contributed by atoms with Crippen LogP contribution in [0.1, 0.15) is 28.7 Å². The summed E-state index contributed by atoms with van der Waals surface area (Å²) in [5, 5.41) is 0. The van der Waals surface area contributed by atoms with Gasteiger partial charge in [0, 0.05) is 20.3 Å². The first-order valence-corrected chi connectivity index (χ1v) is 7.85. The smallest absolute Gasteiger partial charge is 0.241 e. The molecule has 0 aliphatic heterocycles. The minimum Gasteiger partial charge on any atom is -0.385 e. The third kappa shape index (κ3) is 3.78. The zero-order valence-electron chi connectivity index (χ0n) is 12.3. The first-order valence-electron chi connectivity index (χ1n) is 6.37. The Hall–Kier alpha value is -0.910. The Morgan fingerprint density at radius 3 is 2.11 bits per heavy atom. The van der Waals surface area contributed by atoms with Gasteiger partial charge in [-0.3, -0.25) is 0 Å². The average Bonchev–Trinajstić information content (AvgIpc) is 2.32. The van der Waals surface area contributed by atoms with Crippen LogP contribution in [0, 0.1) is 27.7 Å². The van der Waals surface area contributed by atoms with E-state index in [9.17, 15) is 8.42 Å². The standard InChI is InChI=1S/C14H23NO3S/c1-10-9-11(2)13(4)14(12(10)3)19(16,17)15-7-6-8-18-5/h9,15H,6-8H2,1-5H3. The van der Waals surface area contributed by atoms with Gasteiger partial charge < -0.3 is 4.74 Å². The molecule has 19 heavy (non-hydrogen) atoms. The molecule has 0 aliphatic carbocycles. The van der Waals surface area contributed by atoms with Gasteiger partial charge in [-0.05, 0) is 56.4 Å². The van der Waals surface area contributed by atoms with Crippen LogP contribution >= 0.6 is 0 Å². The van der Waals surface area contributed by atoms with Gasteiger partial charge in [0.1, 0.15) is 0 Å². The van der Waals surface area contributed by atoms with Gasteiger partial charge in [-0.15, -0.1) is 0 Å². The highest BCUT2D eigenvalue weighted by Crippen LogP contribution is 2.25. The molecule has 0 saturated heterocycles. The number of benzene rings is 1. The minimum atomic E-state index is -3.45. The van der Waals surface area contributed by atoms with E-state index in [4.69, 9.17) is 4.74 Å². The molecule has 5 heteroatoms. The number of hydrogen-bond donors (Lipinski definition) is 1. The fraction of sp³-hybridized carbons (Fsp3) is 0.571. The number of ether oxygens (including phenoxy) is 1. The van der Waals surface area contributed by atoms with E-state index in [2.05, 4.69) is 4.72 Å². The van der Waals surface area contributed by atoms with Gasteiger partial charge in [0.15, 0.2) is 0 Å². The van der Waals surface area contributed by atoms with Crippen molar-refractivity contribution in [2.75, 3.05) is 20.3 Å². The molecule has 0 spiro atoms. The van der Waals surface area contributed by atoms with Crippen molar-refractivity contribution in [1.29, 1.82) is 0 Å². The van der Waals surface area contributed by atoms with Crippen LogP contribution in [-0.2, 0) is 14.8 Å². The van der Waals surface area contributed by atoms with E-state index < -0.39 is 10.0 Å². The Bertz CT molecular complexity index is 524. The Labute approximate surface area is 116 Å². The van der Waals surface area contributed by atoms with Crippen molar-refractivity contribution in [2.24, 2.45) is 0 Å². The lowest BCUT2D eigenvalue weighted by Gasteiger charge is -2.16. The van der Waals surface area contributed by atoms with E-state index in [1.165, 1.54) is 0 Å². The SMILES string of the molecule is COCCCNS(=O)(=O)c1c(C)c(C)cc(C)c1C. The molecule has 108 valence electrons. The molecule has 0 bridgehead atoms. The van der Waals surface area contributed by atoms with Crippen LogP contribution in [0.5, 0.6) is 0 Å². The Morgan fingerprint density at radius 1 is 1.11 bits per heavy atom. The van der Waals surface area contributed by atoms with E-state index in [-0.39, 0.29) is 0 Å². The first-order chi connectivity index (χ1) is 8.81. The molecule has 0 fully saturated rings. The van der Waals surface area contributed by atoms with Crippen molar-refractivity contribution in [2.45, 2.75) is 39.0 Å². The molecule has 0 heterocycles. The Balaban J connectivity index is 3.08. The van der Waals surface area contributed by atoms with Crippen molar-refractivity contribution >= 4 is 10.0 Å². The normalized spacial score (nSPS) is 11.8.